The lowest BCUT2D eigenvalue weighted by Crippen LogP contribution is -2.14. The van der Waals surface area contributed by atoms with Crippen molar-refractivity contribution in [3.05, 3.63) is 28.8 Å². The van der Waals surface area contributed by atoms with Crippen LogP contribution < -0.4 is 5.73 Å². The van der Waals surface area contributed by atoms with E-state index in [2.05, 4.69) is 0 Å². The second kappa shape index (κ2) is 4.65. The molecular weight excluding hydrogens is 206 g/mol. The van der Waals surface area contributed by atoms with Crippen LogP contribution >= 0.6 is 23.4 Å². The van der Waals surface area contributed by atoms with Crippen LogP contribution in [0, 0.1) is 0 Å². The van der Waals surface area contributed by atoms with Crippen molar-refractivity contribution in [3.8, 4) is 0 Å². The van der Waals surface area contributed by atoms with E-state index < -0.39 is 0 Å². The summed E-state index contributed by atoms with van der Waals surface area (Å²) in [7, 11) is 0. The number of rotatable bonds is 3. The molecule has 0 aliphatic rings. The molecule has 0 saturated carbocycles. The average molecular weight is 216 g/mol. The highest BCUT2D eigenvalue weighted by molar-refractivity contribution is 7.98. The van der Waals surface area contributed by atoms with Crippen molar-refractivity contribution in [2.45, 2.75) is 4.90 Å². The minimum absolute atomic E-state index is 0.00269. The summed E-state index contributed by atoms with van der Waals surface area (Å²) in [6.45, 7) is -0.00269. The van der Waals surface area contributed by atoms with Crippen molar-refractivity contribution in [1.82, 2.24) is 0 Å². The molecule has 0 spiro atoms. The smallest absolute Gasteiger partial charge is 0.179 e. The third-order valence-corrected chi connectivity index (χ3v) is 2.75. The number of carbonyl (C=O) groups excluding carboxylic acids is 1. The van der Waals surface area contributed by atoms with E-state index in [1.165, 1.54) is 11.8 Å². The predicted octanol–water partition coefficient (Wildman–Crippen LogP) is 2.20. The molecule has 0 aliphatic carbocycles. The number of hydrogen-bond donors (Lipinski definition) is 1. The van der Waals surface area contributed by atoms with Gasteiger partial charge < -0.3 is 5.73 Å². The van der Waals surface area contributed by atoms with Crippen LogP contribution in [0.1, 0.15) is 10.4 Å². The van der Waals surface area contributed by atoms with Gasteiger partial charge in [0.2, 0.25) is 0 Å². The summed E-state index contributed by atoms with van der Waals surface area (Å²) < 4.78 is 0. The van der Waals surface area contributed by atoms with Crippen molar-refractivity contribution in [1.29, 1.82) is 0 Å². The standard InChI is InChI=1S/C9H10ClNOS/c1-13-8-4-2-3-6(10)9(8)7(12)5-11/h2-4H,5,11H2,1H3. The van der Waals surface area contributed by atoms with E-state index in [4.69, 9.17) is 17.3 Å². The third kappa shape index (κ3) is 2.24. The molecular formula is C9H10ClNOS. The first-order valence-electron chi connectivity index (χ1n) is 3.76. The Bertz CT molecular complexity index is 327. The van der Waals surface area contributed by atoms with Crippen LogP contribution in [-0.2, 0) is 0 Å². The Balaban J connectivity index is 3.22. The van der Waals surface area contributed by atoms with Crippen LogP contribution in [0.5, 0.6) is 0 Å². The first kappa shape index (κ1) is 10.6. The van der Waals surface area contributed by atoms with Gasteiger partial charge in [-0.3, -0.25) is 4.79 Å². The Hall–Kier alpha value is -0.510. The van der Waals surface area contributed by atoms with Gasteiger partial charge in [0.05, 0.1) is 17.1 Å². The Morgan fingerprint density at radius 3 is 2.85 bits per heavy atom. The van der Waals surface area contributed by atoms with Crippen molar-refractivity contribution in [2.75, 3.05) is 12.8 Å². The lowest BCUT2D eigenvalue weighted by molar-refractivity contribution is 0.0999. The zero-order valence-electron chi connectivity index (χ0n) is 7.21. The highest BCUT2D eigenvalue weighted by Crippen LogP contribution is 2.26. The lowest BCUT2D eigenvalue weighted by Gasteiger charge is -2.06. The minimum atomic E-state index is -0.116. The van der Waals surface area contributed by atoms with Gasteiger partial charge in [-0.15, -0.1) is 11.8 Å². The molecule has 0 heterocycles. The molecule has 0 saturated heterocycles. The first-order chi connectivity index (χ1) is 6.20. The first-order valence-corrected chi connectivity index (χ1v) is 5.36. The molecule has 0 amide bonds. The molecule has 1 aromatic rings. The van der Waals surface area contributed by atoms with E-state index in [1.54, 1.807) is 6.07 Å². The number of hydrogen-bond acceptors (Lipinski definition) is 3. The maximum absolute atomic E-state index is 11.4. The fraction of sp³-hybridized carbons (Fsp3) is 0.222. The lowest BCUT2D eigenvalue weighted by atomic mass is 10.1. The zero-order chi connectivity index (χ0) is 9.84. The van der Waals surface area contributed by atoms with Gasteiger partial charge in [-0.05, 0) is 18.4 Å². The minimum Gasteiger partial charge on any atom is -0.324 e. The number of nitrogens with two attached hydrogens (primary N) is 1. The van der Waals surface area contributed by atoms with E-state index in [1.807, 2.05) is 18.4 Å². The number of Topliss-reactive ketones (excluding diaryl/α,β-unsaturated/α-hetero) is 1. The zero-order valence-corrected chi connectivity index (χ0v) is 8.78. The van der Waals surface area contributed by atoms with Crippen LogP contribution in [-0.4, -0.2) is 18.6 Å². The van der Waals surface area contributed by atoms with Crippen molar-refractivity contribution in [3.63, 3.8) is 0 Å². The summed E-state index contributed by atoms with van der Waals surface area (Å²) in [4.78, 5) is 12.3. The van der Waals surface area contributed by atoms with Crippen LogP contribution in [0.3, 0.4) is 0 Å². The molecule has 2 nitrogen and oxygen atoms in total. The second-order valence-electron chi connectivity index (χ2n) is 2.44. The molecule has 0 fully saturated rings. The maximum Gasteiger partial charge on any atom is 0.179 e. The molecule has 70 valence electrons. The predicted molar refractivity (Wildman–Crippen MR) is 56.6 cm³/mol. The summed E-state index contributed by atoms with van der Waals surface area (Å²) in [6, 6.07) is 5.38. The summed E-state index contributed by atoms with van der Waals surface area (Å²) in [5.74, 6) is -0.116. The third-order valence-electron chi connectivity index (χ3n) is 1.66. The number of ketones is 1. The van der Waals surface area contributed by atoms with Crippen LogP contribution in [0.2, 0.25) is 5.02 Å². The van der Waals surface area contributed by atoms with Gasteiger partial charge in [-0.1, -0.05) is 17.7 Å². The Morgan fingerprint density at radius 2 is 2.31 bits per heavy atom. The molecule has 0 bridgehead atoms. The number of carbonyl (C=O) groups is 1. The van der Waals surface area contributed by atoms with E-state index in [0.29, 0.717) is 10.6 Å². The Kier molecular flexibility index (Phi) is 3.78. The molecule has 4 heteroatoms. The number of halogens is 1. The molecule has 0 atom stereocenters. The average Bonchev–Trinajstić information content (AvgIpc) is 2.16. The van der Waals surface area contributed by atoms with Crippen molar-refractivity contribution < 1.29 is 4.79 Å². The van der Waals surface area contributed by atoms with Crippen LogP contribution in [0.25, 0.3) is 0 Å². The number of thioether (sulfide) groups is 1. The van der Waals surface area contributed by atoms with Crippen molar-refractivity contribution in [2.24, 2.45) is 5.73 Å². The fourth-order valence-electron chi connectivity index (χ4n) is 1.05. The molecule has 13 heavy (non-hydrogen) atoms. The van der Waals surface area contributed by atoms with Gasteiger partial charge in [0.15, 0.2) is 5.78 Å². The molecule has 0 aromatic heterocycles. The monoisotopic (exact) mass is 215 g/mol. The quantitative estimate of drug-likeness (QED) is 0.621. The van der Waals surface area contributed by atoms with Gasteiger partial charge in [-0.2, -0.15) is 0 Å². The summed E-state index contributed by atoms with van der Waals surface area (Å²) in [5, 5.41) is 0.474. The molecule has 0 unspecified atom stereocenters. The SMILES string of the molecule is CSc1cccc(Cl)c1C(=O)CN. The maximum atomic E-state index is 11.4. The van der Waals surface area contributed by atoms with Crippen LogP contribution in [0.4, 0.5) is 0 Å². The summed E-state index contributed by atoms with van der Waals surface area (Å²) >= 11 is 7.38. The van der Waals surface area contributed by atoms with Crippen molar-refractivity contribution >= 4 is 29.1 Å². The van der Waals surface area contributed by atoms with E-state index in [9.17, 15) is 4.79 Å². The highest BCUT2D eigenvalue weighted by Gasteiger charge is 2.12. The van der Waals surface area contributed by atoms with Gasteiger partial charge in [-0.25, -0.2) is 0 Å². The molecule has 0 aliphatic heterocycles. The van der Waals surface area contributed by atoms with Crippen LogP contribution in [0.15, 0.2) is 23.1 Å². The summed E-state index contributed by atoms with van der Waals surface area (Å²) in [6.07, 6.45) is 1.90. The Morgan fingerprint density at radius 1 is 1.62 bits per heavy atom. The van der Waals surface area contributed by atoms with Gasteiger partial charge in [0.1, 0.15) is 0 Å². The van der Waals surface area contributed by atoms with Gasteiger partial charge >= 0.3 is 0 Å². The highest BCUT2D eigenvalue weighted by atomic mass is 35.5. The summed E-state index contributed by atoms with van der Waals surface area (Å²) in [5.41, 5.74) is 5.82. The molecule has 2 N–H and O–H groups in total. The van der Waals surface area contributed by atoms with E-state index >= 15 is 0 Å². The van der Waals surface area contributed by atoms with Gasteiger partial charge in [0.25, 0.3) is 0 Å². The normalized spacial score (nSPS) is 10.1. The topological polar surface area (TPSA) is 43.1 Å². The van der Waals surface area contributed by atoms with Gasteiger partial charge in [0, 0.05) is 4.90 Å². The second-order valence-corrected chi connectivity index (χ2v) is 3.70. The number of benzene rings is 1. The Labute approximate surface area is 86.5 Å². The van der Waals surface area contributed by atoms with E-state index in [-0.39, 0.29) is 12.3 Å². The van der Waals surface area contributed by atoms with E-state index in [0.717, 1.165) is 4.90 Å². The fourth-order valence-corrected chi connectivity index (χ4v) is 2.03. The molecule has 1 aromatic carbocycles. The largest absolute Gasteiger partial charge is 0.324 e. The molecule has 0 radical (unpaired) electrons. The molecule has 1 rings (SSSR count).